The van der Waals surface area contributed by atoms with Gasteiger partial charge in [0.25, 0.3) is 0 Å². The highest BCUT2D eigenvalue weighted by Gasteiger charge is 2.13. The predicted octanol–water partition coefficient (Wildman–Crippen LogP) is 4.53. The number of nitrogens with two attached hydrogens (primary N) is 1. The zero-order valence-electron chi connectivity index (χ0n) is 13.0. The molecule has 0 amide bonds. The Hall–Kier alpha value is -3.03. The number of anilines is 1. The van der Waals surface area contributed by atoms with Crippen LogP contribution in [0.2, 0.25) is 5.02 Å². The van der Waals surface area contributed by atoms with Crippen molar-refractivity contribution in [3.8, 4) is 34.2 Å². The minimum atomic E-state index is 0.197. The van der Waals surface area contributed by atoms with Crippen LogP contribution in [0.5, 0.6) is 5.75 Å². The third kappa shape index (κ3) is 3.03. The largest absolute Gasteiger partial charge is 0.497 e. The standard InChI is InChI=1S/C19H14ClN3O/c1-24-15-4-2-3-13(9-15)18-10-16(17(11-21)19(22)23-18)12-5-7-14(20)8-6-12/h2-10H,1H3,(H2,22,23). The van der Waals surface area contributed by atoms with E-state index in [1.807, 2.05) is 42.5 Å². The van der Waals surface area contributed by atoms with Gasteiger partial charge < -0.3 is 10.5 Å². The normalized spacial score (nSPS) is 10.2. The number of rotatable bonds is 3. The highest BCUT2D eigenvalue weighted by Crippen LogP contribution is 2.32. The first-order chi connectivity index (χ1) is 11.6. The van der Waals surface area contributed by atoms with Crippen LogP contribution in [0.4, 0.5) is 5.82 Å². The second-order valence-electron chi connectivity index (χ2n) is 5.17. The number of ether oxygens (including phenoxy) is 1. The van der Waals surface area contributed by atoms with Crippen LogP contribution in [-0.2, 0) is 0 Å². The molecule has 0 saturated heterocycles. The van der Waals surface area contributed by atoms with Crippen molar-refractivity contribution in [3.63, 3.8) is 0 Å². The van der Waals surface area contributed by atoms with E-state index < -0.39 is 0 Å². The fourth-order valence-electron chi connectivity index (χ4n) is 2.47. The minimum absolute atomic E-state index is 0.197. The predicted molar refractivity (Wildman–Crippen MR) is 95.8 cm³/mol. The Kier molecular flexibility index (Phi) is 4.37. The number of benzene rings is 2. The monoisotopic (exact) mass is 335 g/mol. The fourth-order valence-corrected chi connectivity index (χ4v) is 2.60. The molecule has 0 spiro atoms. The Labute approximate surface area is 145 Å². The number of pyridine rings is 1. The van der Waals surface area contributed by atoms with E-state index in [1.165, 1.54) is 0 Å². The fraction of sp³-hybridized carbons (Fsp3) is 0.0526. The van der Waals surface area contributed by atoms with Crippen molar-refractivity contribution in [1.29, 1.82) is 5.26 Å². The lowest BCUT2D eigenvalue weighted by molar-refractivity contribution is 0.415. The van der Waals surface area contributed by atoms with Gasteiger partial charge in [-0.25, -0.2) is 4.98 Å². The van der Waals surface area contributed by atoms with Gasteiger partial charge in [-0.2, -0.15) is 5.26 Å². The molecule has 0 bridgehead atoms. The molecule has 1 aromatic heterocycles. The molecular weight excluding hydrogens is 322 g/mol. The van der Waals surface area contributed by atoms with Crippen LogP contribution in [0.1, 0.15) is 5.56 Å². The average molecular weight is 336 g/mol. The smallest absolute Gasteiger partial charge is 0.142 e. The van der Waals surface area contributed by atoms with Crippen LogP contribution in [0.25, 0.3) is 22.4 Å². The number of nitrogen functional groups attached to an aromatic ring is 1. The van der Waals surface area contributed by atoms with Crippen molar-refractivity contribution in [2.45, 2.75) is 0 Å². The van der Waals surface area contributed by atoms with E-state index in [1.54, 1.807) is 19.2 Å². The zero-order valence-corrected chi connectivity index (χ0v) is 13.7. The van der Waals surface area contributed by atoms with Gasteiger partial charge in [0.1, 0.15) is 23.2 Å². The molecule has 2 N–H and O–H groups in total. The van der Waals surface area contributed by atoms with E-state index in [9.17, 15) is 5.26 Å². The van der Waals surface area contributed by atoms with Crippen molar-refractivity contribution in [3.05, 3.63) is 65.2 Å². The molecule has 0 unspecified atom stereocenters. The molecule has 0 saturated carbocycles. The van der Waals surface area contributed by atoms with Gasteiger partial charge in [-0.3, -0.25) is 0 Å². The molecule has 24 heavy (non-hydrogen) atoms. The van der Waals surface area contributed by atoms with E-state index in [4.69, 9.17) is 22.1 Å². The maximum absolute atomic E-state index is 9.44. The first kappa shape index (κ1) is 15.9. The summed E-state index contributed by atoms with van der Waals surface area (Å²) < 4.78 is 5.25. The molecule has 1 heterocycles. The average Bonchev–Trinajstić information content (AvgIpc) is 2.61. The third-order valence-electron chi connectivity index (χ3n) is 3.68. The molecule has 0 radical (unpaired) electrons. The number of hydrogen-bond acceptors (Lipinski definition) is 4. The maximum Gasteiger partial charge on any atom is 0.142 e. The van der Waals surface area contributed by atoms with Crippen LogP contribution < -0.4 is 10.5 Å². The lowest BCUT2D eigenvalue weighted by atomic mass is 9.98. The maximum atomic E-state index is 9.44. The molecule has 5 heteroatoms. The Morgan fingerprint density at radius 3 is 2.50 bits per heavy atom. The zero-order chi connectivity index (χ0) is 17.1. The topological polar surface area (TPSA) is 71.9 Å². The van der Waals surface area contributed by atoms with Crippen LogP contribution in [0, 0.1) is 11.3 Å². The summed E-state index contributed by atoms with van der Waals surface area (Å²) in [5.74, 6) is 0.924. The Bertz CT molecular complexity index is 930. The van der Waals surface area contributed by atoms with Crippen LogP contribution in [-0.4, -0.2) is 12.1 Å². The Morgan fingerprint density at radius 1 is 1.08 bits per heavy atom. The van der Waals surface area contributed by atoms with E-state index in [2.05, 4.69) is 11.1 Å². The minimum Gasteiger partial charge on any atom is -0.497 e. The first-order valence-electron chi connectivity index (χ1n) is 7.23. The third-order valence-corrected chi connectivity index (χ3v) is 3.93. The molecule has 2 aromatic carbocycles. The van der Waals surface area contributed by atoms with Gasteiger partial charge in [-0.05, 0) is 35.9 Å². The molecule has 118 valence electrons. The van der Waals surface area contributed by atoms with Crippen molar-refractivity contribution in [2.24, 2.45) is 0 Å². The molecule has 0 aliphatic carbocycles. The van der Waals surface area contributed by atoms with Gasteiger partial charge in [0.05, 0.1) is 12.8 Å². The highest BCUT2D eigenvalue weighted by atomic mass is 35.5. The summed E-state index contributed by atoms with van der Waals surface area (Å²) in [5.41, 5.74) is 9.48. The van der Waals surface area contributed by atoms with Gasteiger partial charge >= 0.3 is 0 Å². The summed E-state index contributed by atoms with van der Waals surface area (Å²) in [6, 6.07) is 18.8. The van der Waals surface area contributed by atoms with E-state index in [-0.39, 0.29) is 5.82 Å². The van der Waals surface area contributed by atoms with Gasteiger partial charge in [-0.15, -0.1) is 0 Å². The SMILES string of the molecule is COc1cccc(-c2cc(-c3ccc(Cl)cc3)c(C#N)c(N)n2)c1. The molecule has 0 aliphatic rings. The van der Waals surface area contributed by atoms with Crippen LogP contribution in [0.15, 0.2) is 54.6 Å². The van der Waals surface area contributed by atoms with Crippen molar-refractivity contribution in [2.75, 3.05) is 12.8 Å². The lowest BCUT2D eigenvalue weighted by Gasteiger charge is -2.11. The van der Waals surface area contributed by atoms with Gasteiger partial charge in [0.2, 0.25) is 0 Å². The molecule has 0 fully saturated rings. The van der Waals surface area contributed by atoms with Gasteiger partial charge in [0.15, 0.2) is 0 Å². The van der Waals surface area contributed by atoms with Crippen LogP contribution in [0.3, 0.4) is 0 Å². The number of hydrogen-bond donors (Lipinski definition) is 1. The molecular formula is C19H14ClN3O. The molecule has 3 rings (SSSR count). The highest BCUT2D eigenvalue weighted by molar-refractivity contribution is 6.30. The van der Waals surface area contributed by atoms with Crippen LogP contribution >= 0.6 is 11.6 Å². The quantitative estimate of drug-likeness (QED) is 0.763. The molecule has 4 nitrogen and oxygen atoms in total. The lowest BCUT2D eigenvalue weighted by Crippen LogP contribution is -2.00. The summed E-state index contributed by atoms with van der Waals surface area (Å²) in [6.45, 7) is 0. The van der Waals surface area contributed by atoms with E-state index in [0.717, 1.165) is 22.4 Å². The summed E-state index contributed by atoms with van der Waals surface area (Å²) in [7, 11) is 1.61. The summed E-state index contributed by atoms with van der Waals surface area (Å²) in [4.78, 5) is 4.37. The Balaban J connectivity index is 2.20. The number of aromatic nitrogens is 1. The number of halogens is 1. The van der Waals surface area contributed by atoms with E-state index >= 15 is 0 Å². The number of methoxy groups -OCH3 is 1. The second-order valence-corrected chi connectivity index (χ2v) is 5.60. The number of nitrogens with zero attached hydrogens (tertiary/aromatic N) is 2. The van der Waals surface area contributed by atoms with Gasteiger partial charge in [0, 0.05) is 16.1 Å². The molecule has 0 aliphatic heterocycles. The van der Waals surface area contributed by atoms with Crippen molar-refractivity contribution >= 4 is 17.4 Å². The molecule has 0 atom stereocenters. The summed E-state index contributed by atoms with van der Waals surface area (Å²) >= 11 is 5.95. The van der Waals surface area contributed by atoms with Gasteiger partial charge in [-0.1, -0.05) is 35.9 Å². The number of nitriles is 1. The second kappa shape index (κ2) is 6.61. The first-order valence-corrected chi connectivity index (χ1v) is 7.61. The Morgan fingerprint density at radius 2 is 1.83 bits per heavy atom. The van der Waals surface area contributed by atoms with Crippen molar-refractivity contribution in [1.82, 2.24) is 4.98 Å². The molecule has 3 aromatic rings. The van der Waals surface area contributed by atoms with Crippen molar-refractivity contribution < 1.29 is 4.74 Å². The summed E-state index contributed by atoms with van der Waals surface area (Å²) in [5, 5.41) is 10.1. The van der Waals surface area contributed by atoms with E-state index in [0.29, 0.717) is 16.3 Å². The summed E-state index contributed by atoms with van der Waals surface area (Å²) in [6.07, 6.45) is 0.